The van der Waals surface area contributed by atoms with Gasteiger partial charge in [-0.25, -0.2) is 4.68 Å². The molecule has 4 heterocycles. The van der Waals surface area contributed by atoms with E-state index in [1.807, 2.05) is 30.1 Å². The Bertz CT molecular complexity index is 1430. The van der Waals surface area contributed by atoms with Gasteiger partial charge in [0.25, 0.3) is 5.56 Å². The first kappa shape index (κ1) is 23.9. The third-order valence-corrected chi connectivity index (χ3v) is 8.10. The number of piperazine rings is 1. The summed E-state index contributed by atoms with van der Waals surface area (Å²) in [6, 6.07) is 10.4. The summed E-state index contributed by atoms with van der Waals surface area (Å²) < 4.78 is 2.01. The molecule has 37 heavy (non-hydrogen) atoms. The lowest BCUT2D eigenvalue weighted by Gasteiger charge is -2.39. The molecule has 9 heteroatoms. The molecule has 4 aromatic rings. The van der Waals surface area contributed by atoms with Gasteiger partial charge in [-0.05, 0) is 65.9 Å². The maximum absolute atomic E-state index is 13.6. The van der Waals surface area contributed by atoms with Crippen LogP contribution in [-0.4, -0.2) is 66.2 Å². The van der Waals surface area contributed by atoms with Crippen molar-refractivity contribution in [3.8, 4) is 0 Å². The quantitative estimate of drug-likeness (QED) is 0.434. The first-order chi connectivity index (χ1) is 18.1. The van der Waals surface area contributed by atoms with Crippen LogP contribution in [0.4, 0.5) is 0 Å². The number of aromatic amines is 1. The molecule has 1 atom stereocenters. The number of nitrogens with one attached hydrogen (secondary N) is 1. The van der Waals surface area contributed by atoms with E-state index in [9.17, 15) is 4.79 Å². The Morgan fingerprint density at radius 2 is 1.84 bits per heavy atom. The molecule has 6 rings (SSSR count). The van der Waals surface area contributed by atoms with Crippen LogP contribution in [-0.2, 0) is 6.54 Å². The molecule has 0 unspecified atom stereocenters. The van der Waals surface area contributed by atoms with E-state index in [2.05, 4.69) is 66.5 Å². The second-order valence-corrected chi connectivity index (χ2v) is 10.5. The predicted molar refractivity (Wildman–Crippen MR) is 142 cm³/mol. The number of hydrogen-bond donors (Lipinski definition) is 1. The second-order valence-electron chi connectivity index (χ2n) is 10.5. The first-order valence-electron chi connectivity index (χ1n) is 13.3. The van der Waals surface area contributed by atoms with Crippen molar-refractivity contribution in [1.82, 2.24) is 40.0 Å². The zero-order valence-corrected chi connectivity index (χ0v) is 21.6. The number of aryl methyl sites for hydroxylation is 2. The molecule has 1 saturated heterocycles. The fourth-order valence-corrected chi connectivity index (χ4v) is 6.01. The summed E-state index contributed by atoms with van der Waals surface area (Å²) in [4.78, 5) is 25.9. The summed E-state index contributed by atoms with van der Waals surface area (Å²) in [5.41, 5.74) is 4.99. The third-order valence-electron chi connectivity index (χ3n) is 8.10. The minimum absolute atomic E-state index is 0.0649. The number of H-pyrrole nitrogens is 1. The van der Waals surface area contributed by atoms with E-state index in [1.165, 1.54) is 18.4 Å². The van der Waals surface area contributed by atoms with Gasteiger partial charge >= 0.3 is 0 Å². The van der Waals surface area contributed by atoms with Crippen LogP contribution < -0.4 is 5.56 Å². The average Bonchev–Trinajstić information content (AvgIpc) is 3.61. The van der Waals surface area contributed by atoms with Crippen LogP contribution in [0.1, 0.15) is 65.8 Å². The van der Waals surface area contributed by atoms with Crippen molar-refractivity contribution in [3.05, 3.63) is 81.2 Å². The fraction of sp³-hybridized carbons (Fsp3) is 0.464. The van der Waals surface area contributed by atoms with Crippen molar-refractivity contribution in [3.63, 3.8) is 0 Å². The SMILES string of the molecule is Cc1ccc(C)c2[nH]c(=O)c([C@H](c3nnnn3C3CCCC3)N3CCN(Cc4cccnc4)CC3)cc12. The van der Waals surface area contributed by atoms with Gasteiger partial charge in [0, 0.05) is 56.1 Å². The molecule has 1 aromatic carbocycles. The van der Waals surface area contributed by atoms with Crippen LogP contribution in [0.25, 0.3) is 10.9 Å². The predicted octanol–water partition coefficient (Wildman–Crippen LogP) is 3.55. The molecule has 192 valence electrons. The highest BCUT2D eigenvalue weighted by atomic mass is 16.1. The maximum Gasteiger partial charge on any atom is 0.253 e. The van der Waals surface area contributed by atoms with Gasteiger partial charge in [-0.15, -0.1) is 5.10 Å². The molecule has 3 aromatic heterocycles. The highest BCUT2D eigenvalue weighted by Gasteiger charge is 2.34. The summed E-state index contributed by atoms with van der Waals surface area (Å²) in [7, 11) is 0. The van der Waals surface area contributed by atoms with E-state index in [0.29, 0.717) is 6.04 Å². The molecule has 9 nitrogen and oxygen atoms in total. The zero-order valence-electron chi connectivity index (χ0n) is 21.6. The summed E-state index contributed by atoms with van der Waals surface area (Å²) in [6.45, 7) is 8.47. The molecule has 2 aliphatic rings. The topological polar surface area (TPSA) is 95.8 Å². The molecule has 0 radical (unpaired) electrons. The van der Waals surface area contributed by atoms with Gasteiger partial charge in [0.2, 0.25) is 0 Å². The molecule has 1 saturated carbocycles. The molecule has 1 N–H and O–H groups in total. The van der Waals surface area contributed by atoms with Crippen molar-refractivity contribution >= 4 is 10.9 Å². The van der Waals surface area contributed by atoms with Crippen LogP contribution in [0.3, 0.4) is 0 Å². The van der Waals surface area contributed by atoms with Crippen LogP contribution in [0.5, 0.6) is 0 Å². The number of fused-ring (bicyclic) bond motifs is 1. The number of pyridine rings is 2. The molecule has 0 spiro atoms. The summed E-state index contributed by atoms with van der Waals surface area (Å²) in [6.07, 6.45) is 8.29. The molecular formula is C28H34N8O. The van der Waals surface area contributed by atoms with Crippen LogP contribution >= 0.6 is 0 Å². The minimum Gasteiger partial charge on any atom is -0.321 e. The second kappa shape index (κ2) is 10.1. The minimum atomic E-state index is -0.302. The number of hydrogen-bond acceptors (Lipinski definition) is 7. The van der Waals surface area contributed by atoms with Crippen molar-refractivity contribution < 1.29 is 0 Å². The Morgan fingerprint density at radius 3 is 2.59 bits per heavy atom. The van der Waals surface area contributed by atoms with Gasteiger partial charge in [0.05, 0.1) is 11.6 Å². The highest BCUT2D eigenvalue weighted by Crippen LogP contribution is 2.34. The first-order valence-corrected chi connectivity index (χ1v) is 13.3. The van der Waals surface area contributed by atoms with Gasteiger partial charge in [-0.1, -0.05) is 31.0 Å². The smallest absolute Gasteiger partial charge is 0.253 e. The molecule has 0 bridgehead atoms. The van der Waals surface area contributed by atoms with E-state index >= 15 is 0 Å². The lowest BCUT2D eigenvalue weighted by molar-refractivity contribution is 0.0988. The Balaban J connectivity index is 1.37. The van der Waals surface area contributed by atoms with Crippen molar-refractivity contribution in [1.29, 1.82) is 0 Å². The molecule has 0 amide bonds. The largest absolute Gasteiger partial charge is 0.321 e. The number of nitrogens with zero attached hydrogens (tertiary/aromatic N) is 7. The lowest BCUT2D eigenvalue weighted by Crippen LogP contribution is -2.48. The van der Waals surface area contributed by atoms with Gasteiger partial charge < -0.3 is 4.98 Å². The number of rotatable bonds is 6. The lowest BCUT2D eigenvalue weighted by atomic mass is 9.99. The Kier molecular flexibility index (Phi) is 6.56. The standard InChI is InChI=1S/C28H34N8O/c1-19-9-10-20(2)25-23(19)16-24(28(37)30-25)26(27-31-32-33-36(27)22-7-3-4-8-22)35-14-12-34(13-15-35)18-21-6-5-11-29-17-21/h5-6,9-11,16-17,22,26H,3-4,7-8,12-15,18H2,1-2H3,(H,30,37)/t26-/m1/s1. The third kappa shape index (κ3) is 4.69. The summed E-state index contributed by atoms with van der Waals surface area (Å²) >= 11 is 0. The fourth-order valence-electron chi connectivity index (χ4n) is 6.01. The van der Waals surface area contributed by atoms with E-state index in [4.69, 9.17) is 0 Å². The maximum atomic E-state index is 13.6. The van der Waals surface area contributed by atoms with E-state index in [-0.39, 0.29) is 11.6 Å². The molecule has 1 aliphatic heterocycles. The highest BCUT2D eigenvalue weighted by molar-refractivity contribution is 5.85. The number of benzene rings is 1. The molecule has 1 aliphatic carbocycles. The normalized spacial score (nSPS) is 18.5. The van der Waals surface area contributed by atoms with Crippen LogP contribution in [0.15, 0.2) is 47.5 Å². The molecular weight excluding hydrogens is 464 g/mol. The van der Waals surface area contributed by atoms with Crippen molar-refractivity contribution in [2.75, 3.05) is 26.2 Å². The van der Waals surface area contributed by atoms with Gasteiger partial charge in [-0.3, -0.25) is 19.6 Å². The summed E-state index contributed by atoms with van der Waals surface area (Å²) in [5.74, 6) is 0.780. The average molecular weight is 499 g/mol. The molecule has 2 fully saturated rings. The van der Waals surface area contributed by atoms with Gasteiger partial charge in [0.1, 0.15) is 6.04 Å². The van der Waals surface area contributed by atoms with E-state index in [1.54, 1.807) is 0 Å². The monoisotopic (exact) mass is 498 g/mol. The zero-order chi connectivity index (χ0) is 25.4. The van der Waals surface area contributed by atoms with E-state index in [0.717, 1.165) is 79.0 Å². The van der Waals surface area contributed by atoms with Crippen LogP contribution in [0.2, 0.25) is 0 Å². The van der Waals surface area contributed by atoms with Gasteiger partial charge in [-0.2, -0.15) is 0 Å². The number of aromatic nitrogens is 6. The van der Waals surface area contributed by atoms with Crippen molar-refractivity contribution in [2.45, 2.75) is 58.2 Å². The van der Waals surface area contributed by atoms with Crippen LogP contribution in [0, 0.1) is 13.8 Å². The van der Waals surface area contributed by atoms with E-state index < -0.39 is 0 Å². The number of tetrazole rings is 1. The summed E-state index contributed by atoms with van der Waals surface area (Å²) in [5, 5.41) is 14.2. The Hall–Kier alpha value is -3.43. The van der Waals surface area contributed by atoms with Gasteiger partial charge in [0.15, 0.2) is 5.82 Å². The Labute approximate surface area is 216 Å². The Morgan fingerprint density at radius 1 is 1.05 bits per heavy atom. The van der Waals surface area contributed by atoms with Crippen molar-refractivity contribution in [2.24, 2.45) is 0 Å².